The molecule has 0 rings (SSSR count). The van der Waals surface area contributed by atoms with Crippen molar-refractivity contribution in [1.29, 1.82) is 0 Å². The summed E-state index contributed by atoms with van der Waals surface area (Å²) in [6.45, 7) is 14.9. The molecular weight excluding hydrogens is 452 g/mol. The predicted molar refractivity (Wildman–Crippen MR) is 123 cm³/mol. The zero-order valence-corrected chi connectivity index (χ0v) is 20.3. The van der Waals surface area contributed by atoms with Crippen molar-refractivity contribution in [3.8, 4) is 0 Å². The molecule has 0 saturated heterocycles. The molecule has 0 unspecified atom stereocenters. The normalized spacial score (nSPS) is 10.7. The van der Waals surface area contributed by atoms with Crippen LogP contribution in [0.4, 0.5) is 0 Å². The van der Waals surface area contributed by atoms with Crippen LogP contribution in [-0.2, 0) is 52.2 Å². The van der Waals surface area contributed by atoms with Crippen molar-refractivity contribution in [2.75, 3.05) is 106 Å². The van der Waals surface area contributed by atoms with Crippen molar-refractivity contribution < 1.29 is 52.2 Å². The molecule has 0 aliphatic rings. The molecule has 0 radical (unpaired) electrons. The third kappa shape index (κ3) is 24.8. The highest BCUT2D eigenvalue weighted by Crippen LogP contribution is 1.92. The summed E-state index contributed by atoms with van der Waals surface area (Å²) in [4.78, 5) is 21.9. The van der Waals surface area contributed by atoms with Crippen molar-refractivity contribution in [2.45, 2.75) is 6.92 Å². The molecule has 11 heteroatoms. The van der Waals surface area contributed by atoms with Gasteiger partial charge in [0.2, 0.25) is 0 Å². The van der Waals surface area contributed by atoms with Gasteiger partial charge in [-0.3, -0.25) is 0 Å². The van der Waals surface area contributed by atoms with Crippen LogP contribution in [0.25, 0.3) is 0 Å². The Balaban J connectivity index is 3.09. The molecule has 11 nitrogen and oxygen atoms in total. The third-order valence-electron chi connectivity index (χ3n) is 3.68. The second-order valence-electron chi connectivity index (χ2n) is 6.57. The highest BCUT2D eigenvalue weighted by Gasteiger charge is 2.01. The number of carbonyl (C=O) groups excluding carboxylic acids is 2. The van der Waals surface area contributed by atoms with E-state index in [0.29, 0.717) is 98.1 Å². The van der Waals surface area contributed by atoms with E-state index in [4.69, 9.17) is 42.6 Å². The lowest BCUT2D eigenvalue weighted by atomic mass is 10.4. The highest BCUT2D eigenvalue weighted by atomic mass is 16.6. The van der Waals surface area contributed by atoms with Crippen LogP contribution >= 0.6 is 0 Å². The number of hydrogen-bond acceptors (Lipinski definition) is 11. The van der Waals surface area contributed by atoms with Gasteiger partial charge in [0.05, 0.1) is 92.5 Å². The van der Waals surface area contributed by atoms with Gasteiger partial charge in [-0.05, 0) is 6.92 Å². The van der Waals surface area contributed by atoms with Crippen LogP contribution in [0.2, 0.25) is 0 Å². The Morgan fingerprint density at radius 1 is 0.529 bits per heavy atom. The Morgan fingerprint density at radius 3 is 1.06 bits per heavy atom. The predicted octanol–water partition coefficient (Wildman–Crippen LogP) is 0.951. The maximum Gasteiger partial charge on any atom is 0.333 e. The fraction of sp³-hybridized carbons (Fsp3) is 0.739. The summed E-state index contributed by atoms with van der Waals surface area (Å²) >= 11 is 0. The van der Waals surface area contributed by atoms with Crippen molar-refractivity contribution in [2.24, 2.45) is 0 Å². The Morgan fingerprint density at radius 2 is 0.794 bits per heavy atom. The molecule has 0 N–H and O–H groups in total. The fourth-order valence-corrected chi connectivity index (χ4v) is 2.00. The molecule has 0 aromatic rings. The summed E-state index contributed by atoms with van der Waals surface area (Å²) < 4.78 is 47.1. The van der Waals surface area contributed by atoms with E-state index in [9.17, 15) is 9.59 Å². The van der Waals surface area contributed by atoms with E-state index in [-0.39, 0.29) is 13.2 Å². The SMILES string of the molecule is C=CC(=O)OCCOCCOCCOCCOCCOCCOCCOCCOC(=O)C(=C)C. The Bertz CT molecular complexity index is 525. The molecule has 0 bridgehead atoms. The largest absolute Gasteiger partial charge is 0.460 e. The van der Waals surface area contributed by atoms with E-state index in [2.05, 4.69) is 13.2 Å². The molecule has 0 aromatic carbocycles. The number of carbonyl (C=O) groups is 2. The topological polar surface area (TPSA) is 117 Å². The molecule has 34 heavy (non-hydrogen) atoms. The van der Waals surface area contributed by atoms with Crippen LogP contribution in [0.1, 0.15) is 6.92 Å². The quantitative estimate of drug-likeness (QED) is 0.0976. The minimum atomic E-state index is -0.462. The van der Waals surface area contributed by atoms with E-state index in [1.54, 1.807) is 6.92 Å². The van der Waals surface area contributed by atoms with Gasteiger partial charge < -0.3 is 42.6 Å². The molecular formula is C23H40O11. The van der Waals surface area contributed by atoms with E-state index < -0.39 is 11.9 Å². The molecule has 0 heterocycles. The number of ether oxygens (including phenoxy) is 9. The summed E-state index contributed by atoms with van der Waals surface area (Å²) in [6, 6.07) is 0. The number of esters is 2. The highest BCUT2D eigenvalue weighted by molar-refractivity contribution is 5.86. The minimum Gasteiger partial charge on any atom is -0.460 e. The van der Waals surface area contributed by atoms with E-state index >= 15 is 0 Å². The second-order valence-corrected chi connectivity index (χ2v) is 6.57. The first-order valence-electron chi connectivity index (χ1n) is 11.2. The maximum absolute atomic E-state index is 11.1. The number of hydrogen-bond donors (Lipinski definition) is 0. The zero-order valence-electron chi connectivity index (χ0n) is 20.3. The lowest BCUT2D eigenvalue weighted by Crippen LogP contribution is -2.15. The Hall–Kier alpha value is -1.86. The van der Waals surface area contributed by atoms with Crippen LogP contribution in [-0.4, -0.2) is 118 Å². The molecule has 0 amide bonds. The van der Waals surface area contributed by atoms with Gasteiger partial charge in [-0.25, -0.2) is 9.59 Å². The average Bonchev–Trinajstić information content (AvgIpc) is 2.83. The first kappa shape index (κ1) is 32.1. The monoisotopic (exact) mass is 492 g/mol. The van der Waals surface area contributed by atoms with Gasteiger partial charge >= 0.3 is 11.9 Å². The van der Waals surface area contributed by atoms with E-state index in [1.165, 1.54) is 0 Å². The third-order valence-corrected chi connectivity index (χ3v) is 3.68. The molecule has 198 valence electrons. The summed E-state index contributed by atoms with van der Waals surface area (Å²) in [5, 5.41) is 0. The second kappa shape index (κ2) is 25.8. The molecule has 0 fully saturated rings. The van der Waals surface area contributed by atoms with Crippen molar-refractivity contribution >= 4 is 11.9 Å². The lowest BCUT2D eigenvalue weighted by molar-refractivity contribution is -0.141. The van der Waals surface area contributed by atoms with Gasteiger partial charge in [-0.15, -0.1) is 0 Å². The van der Waals surface area contributed by atoms with Gasteiger partial charge in [0.1, 0.15) is 13.2 Å². The van der Waals surface area contributed by atoms with Crippen molar-refractivity contribution in [1.82, 2.24) is 0 Å². The first-order chi connectivity index (χ1) is 16.6. The van der Waals surface area contributed by atoms with Gasteiger partial charge in [0.25, 0.3) is 0 Å². The van der Waals surface area contributed by atoms with Crippen LogP contribution in [0.15, 0.2) is 24.8 Å². The number of rotatable bonds is 26. The maximum atomic E-state index is 11.1. The molecule has 0 saturated carbocycles. The minimum absolute atomic E-state index is 0.196. The summed E-state index contributed by atoms with van der Waals surface area (Å²) in [5.74, 6) is -0.878. The van der Waals surface area contributed by atoms with Gasteiger partial charge in [0, 0.05) is 11.6 Å². The van der Waals surface area contributed by atoms with Crippen molar-refractivity contribution in [3.63, 3.8) is 0 Å². The summed E-state index contributed by atoms with van der Waals surface area (Å²) in [6.07, 6.45) is 1.11. The molecule has 0 aromatic heterocycles. The van der Waals surface area contributed by atoms with Gasteiger partial charge in [0.15, 0.2) is 0 Å². The van der Waals surface area contributed by atoms with E-state index in [1.807, 2.05) is 0 Å². The standard InChI is InChI=1S/C23H40O11/c1-4-22(24)33-19-17-31-15-13-29-11-9-27-7-5-26-6-8-28-10-12-30-14-16-32-18-20-34-23(25)21(2)3/h4H,1-2,5-20H2,3H3. The summed E-state index contributed by atoms with van der Waals surface area (Å²) in [5.41, 5.74) is 0.367. The molecule has 0 atom stereocenters. The fourth-order valence-electron chi connectivity index (χ4n) is 2.00. The summed E-state index contributed by atoms with van der Waals surface area (Å²) in [7, 11) is 0. The average molecular weight is 493 g/mol. The lowest BCUT2D eigenvalue weighted by Gasteiger charge is -2.08. The van der Waals surface area contributed by atoms with Crippen LogP contribution < -0.4 is 0 Å². The zero-order chi connectivity index (χ0) is 25.1. The van der Waals surface area contributed by atoms with Crippen molar-refractivity contribution in [3.05, 3.63) is 24.8 Å². The Labute approximate surface area is 202 Å². The first-order valence-corrected chi connectivity index (χ1v) is 11.2. The van der Waals surface area contributed by atoms with Crippen LogP contribution in [0.5, 0.6) is 0 Å². The molecule has 0 aliphatic heterocycles. The molecule has 0 aliphatic carbocycles. The Kier molecular flexibility index (Phi) is 24.3. The van der Waals surface area contributed by atoms with Gasteiger partial charge in [-0.2, -0.15) is 0 Å². The molecule has 0 spiro atoms. The van der Waals surface area contributed by atoms with Crippen LogP contribution in [0, 0.1) is 0 Å². The van der Waals surface area contributed by atoms with Gasteiger partial charge in [-0.1, -0.05) is 13.2 Å². The van der Waals surface area contributed by atoms with Crippen LogP contribution in [0.3, 0.4) is 0 Å². The smallest absolute Gasteiger partial charge is 0.333 e. The van der Waals surface area contributed by atoms with E-state index in [0.717, 1.165) is 6.08 Å².